The summed E-state index contributed by atoms with van der Waals surface area (Å²) in [5.41, 5.74) is 11.8. The molecule has 1 atom stereocenters. The van der Waals surface area contributed by atoms with Crippen molar-refractivity contribution >= 4 is 30.0 Å². The first-order valence-electron chi connectivity index (χ1n) is 7.52. The first-order chi connectivity index (χ1) is 11.2. The molecule has 4 N–H and O–H groups in total. The Kier molecular flexibility index (Phi) is 7.35. The molecule has 6 nitrogen and oxygen atoms in total. The molecule has 10 heteroatoms. The van der Waals surface area contributed by atoms with E-state index in [-0.39, 0.29) is 35.8 Å². The smallest absolute Gasteiger partial charge is 0.406 e. The van der Waals surface area contributed by atoms with Crippen LogP contribution in [0.3, 0.4) is 0 Å². The Labute approximate surface area is 150 Å². The highest BCUT2D eigenvalue weighted by atomic mass is 35.5. The molecule has 0 radical (unpaired) electrons. The highest BCUT2D eigenvalue weighted by Crippen LogP contribution is 2.26. The van der Waals surface area contributed by atoms with Crippen LogP contribution in [-0.4, -0.2) is 36.3 Å². The van der Waals surface area contributed by atoms with E-state index in [9.17, 15) is 13.2 Å². The van der Waals surface area contributed by atoms with E-state index in [0.29, 0.717) is 5.92 Å². The highest BCUT2D eigenvalue weighted by Gasteiger charge is 2.31. The minimum absolute atomic E-state index is 0. The van der Waals surface area contributed by atoms with Crippen molar-refractivity contribution in [2.45, 2.75) is 26.1 Å². The molecule has 1 fully saturated rings. The number of aliphatic imine (C=N–C) groups is 2. The summed E-state index contributed by atoms with van der Waals surface area (Å²) in [6, 6.07) is 5.17. The summed E-state index contributed by atoms with van der Waals surface area (Å²) in [4.78, 5) is 9.89. The number of guanidine groups is 2. The van der Waals surface area contributed by atoms with E-state index in [4.69, 9.17) is 11.5 Å². The third-order valence-electron chi connectivity index (χ3n) is 3.50. The number of alkyl halides is 3. The van der Waals surface area contributed by atoms with E-state index in [2.05, 4.69) is 21.6 Å². The van der Waals surface area contributed by atoms with Gasteiger partial charge in [-0.15, -0.1) is 25.6 Å². The van der Waals surface area contributed by atoms with Crippen molar-refractivity contribution in [1.82, 2.24) is 4.90 Å². The molecule has 2 rings (SSSR count). The van der Waals surface area contributed by atoms with Gasteiger partial charge in [0.1, 0.15) is 5.75 Å². The van der Waals surface area contributed by atoms with E-state index in [0.717, 1.165) is 32.0 Å². The quantitative estimate of drug-likeness (QED) is 0.610. The minimum atomic E-state index is -4.76. The van der Waals surface area contributed by atoms with Gasteiger partial charge in [0.25, 0.3) is 0 Å². The zero-order valence-electron chi connectivity index (χ0n) is 13.7. The summed E-state index contributed by atoms with van der Waals surface area (Å²) in [6.07, 6.45) is -2.61. The van der Waals surface area contributed by atoms with Crippen LogP contribution in [0.25, 0.3) is 0 Å². The summed E-state index contributed by atoms with van der Waals surface area (Å²) < 4.78 is 40.5. The first kappa shape index (κ1) is 20.9. The third-order valence-corrected chi connectivity index (χ3v) is 3.50. The van der Waals surface area contributed by atoms with Crippen LogP contribution in [0.15, 0.2) is 34.3 Å². The van der Waals surface area contributed by atoms with Crippen molar-refractivity contribution in [3.05, 3.63) is 24.3 Å². The number of halogens is 4. The molecule has 1 aromatic rings. The van der Waals surface area contributed by atoms with E-state index in [1.54, 1.807) is 0 Å². The molecule has 1 aliphatic rings. The molecule has 0 aromatic heterocycles. The summed E-state index contributed by atoms with van der Waals surface area (Å²) in [7, 11) is 0. The van der Waals surface area contributed by atoms with Crippen LogP contribution in [0.2, 0.25) is 0 Å². The zero-order chi connectivity index (χ0) is 17.7. The zero-order valence-corrected chi connectivity index (χ0v) is 14.5. The second-order valence-electron chi connectivity index (χ2n) is 5.68. The summed E-state index contributed by atoms with van der Waals surface area (Å²) in [6.45, 7) is 3.71. The molecule has 0 amide bonds. The molecule has 0 aliphatic carbocycles. The van der Waals surface area contributed by atoms with Gasteiger partial charge in [0.05, 0.1) is 5.69 Å². The van der Waals surface area contributed by atoms with Gasteiger partial charge >= 0.3 is 6.36 Å². The average Bonchev–Trinajstić information content (AvgIpc) is 2.45. The third kappa shape index (κ3) is 7.08. The number of piperidine rings is 1. The van der Waals surface area contributed by atoms with Gasteiger partial charge in [-0.3, -0.25) is 0 Å². The molecule has 1 saturated heterocycles. The van der Waals surface area contributed by atoms with Gasteiger partial charge in [-0.25, -0.2) is 4.99 Å². The van der Waals surface area contributed by atoms with Crippen LogP contribution < -0.4 is 16.2 Å². The van der Waals surface area contributed by atoms with Gasteiger partial charge in [-0.05, 0) is 30.9 Å². The number of ether oxygens (including phenoxy) is 1. The predicted octanol–water partition coefficient (Wildman–Crippen LogP) is 3.00. The van der Waals surface area contributed by atoms with Crippen LogP contribution in [0, 0.1) is 5.92 Å². The number of likely N-dealkylation sites (tertiary alicyclic amines) is 1. The van der Waals surface area contributed by atoms with Gasteiger partial charge in [0, 0.05) is 19.2 Å². The average molecular weight is 380 g/mol. The lowest BCUT2D eigenvalue weighted by atomic mass is 10.0. The van der Waals surface area contributed by atoms with Crippen molar-refractivity contribution in [3.63, 3.8) is 0 Å². The fourth-order valence-corrected chi connectivity index (χ4v) is 2.49. The van der Waals surface area contributed by atoms with Crippen LogP contribution in [0.5, 0.6) is 5.75 Å². The molecule has 0 bridgehead atoms. The summed E-state index contributed by atoms with van der Waals surface area (Å²) in [5, 5.41) is 0. The molecule has 1 heterocycles. The fraction of sp³-hybridized carbons (Fsp3) is 0.467. The van der Waals surface area contributed by atoms with Crippen molar-refractivity contribution in [1.29, 1.82) is 0 Å². The maximum absolute atomic E-state index is 12.2. The van der Waals surface area contributed by atoms with Crippen LogP contribution in [0.1, 0.15) is 19.8 Å². The van der Waals surface area contributed by atoms with Crippen molar-refractivity contribution < 1.29 is 17.9 Å². The lowest BCUT2D eigenvalue weighted by Crippen LogP contribution is -2.44. The number of hydrogen-bond donors (Lipinski definition) is 2. The van der Waals surface area contributed by atoms with Gasteiger partial charge in [-0.2, -0.15) is 4.99 Å². The minimum Gasteiger partial charge on any atom is -0.406 e. The highest BCUT2D eigenvalue weighted by molar-refractivity contribution is 5.94. The number of rotatable bonds is 2. The molecule has 0 saturated carbocycles. The van der Waals surface area contributed by atoms with Gasteiger partial charge in [0.15, 0.2) is 5.96 Å². The number of nitrogens with two attached hydrogens (primary N) is 2. The van der Waals surface area contributed by atoms with Crippen LogP contribution in [-0.2, 0) is 0 Å². The molecule has 140 valence electrons. The monoisotopic (exact) mass is 379 g/mol. The van der Waals surface area contributed by atoms with Gasteiger partial charge in [0.2, 0.25) is 5.96 Å². The lowest BCUT2D eigenvalue weighted by molar-refractivity contribution is -0.274. The van der Waals surface area contributed by atoms with Crippen molar-refractivity contribution in [2.75, 3.05) is 13.1 Å². The Balaban J connectivity index is 0.00000312. The maximum Gasteiger partial charge on any atom is 0.573 e. The molecule has 1 unspecified atom stereocenters. The predicted molar refractivity (Wildman–Crippen MR) is 93.2 cm³/mol. The molecular weight excluding hydrogens is 359 g/mol. The number of hydrogen-bond acceptors (Lipinski definition) is 2. The van der Waals surface area contributed by atoms with Crippen LogP contribution in [0.4, 0.5) is 18.9 Å². The summed E-state index contributed by atoms with van der Waals surface area (Å²) >= 11 is 0. The van der Waals surface area contributed by atoms with E-state index < -0.39 is 6.36 Å². The number of benzene rings is 1. The Morgan fingerprint density at radius 3 is 2.68 bits per heavy atom. The standard InChI is InChI=1S/C15H20F3N5O.ClH/c1-10-4-3-7-23(9-10)14(20)22-13(19)21-11-5-2-6-12(8-11)24-15(16,17)18;/h2,5-6,8,10H,3-4,7,9H2,1H3,(H4,19,20,21,22);1H. The molecular formula is C15H21ClF3N5O. The Morgan fingerprint density at radius 1 is 1.32 bits per heavy atom. The Morgan fingerprint density at radius 2 is 2.04 bits per heavy atom. The SMILES string of the molecule is CC1CCCN(C(N)=NC(N)=Nc2cccc(OC(F)(F)F)c2)C1.Cl. The summed E-state index contributed by atoms with van der Waals surface area (Å²) in [5.74, 6) is 0.264. The molecule has 25 heavy (non-hydrogen) atoms. The van der Waals surface area contributed by atoms with Gasteiger partial charge in [-0.1, -0.05) is 13.0 Å². The molecule has 1 aliphatic heterocycles. The van der Waals surface area contributed by atoms with Crippen molar-refractivity contribution in [2.24, 2.45) is 27.4 Å². The second-order valence-corrected chi connectivity index (χ2v) is 5.68. The van der Waals surface area contributed by atoms with Gasteiger partial charge < -0.3 is 21.1 Å². The topological polar surface area (TPSA) is 89.2 Å². The van der Waals surface area contributed by atoms with E-state index in [1.165, 1.54) is 18.2 Å². The lowest BCUT2D eigenvalue weighted by Gasteiger charge is -2.31. The first-order valence-corrected chi connectivity index (χ1v) is 7.52. The molecule has 0 spiro atoms. The number of nitrogens with zero attached hydrogens (tertiary/aromatic N) is 3. The van der Waals surface area contributed by atoms with Crippen LogP contribution >= 0.6 is 12.4 Å². The maximum atomic E-state index is 12.2. The normalized spacial score (nSPS) is 19.4. The fourth-order valence-electron chi connectivity index (χ4n) is 2.49. The Bertz CT molecular complexity index is 636. The van der Waals surface area contributed by atoms with E-state index in [1.807, 2.05) is 4.90 Å². The van der Waals surface area contributed by atoms with E-state index >= 15 is 0 Å². The molecule has 1 aromatic carbocycles. The Hall–Kier alpha value is -2.16. The largest absolute Gasteiger partial charge is 0.573 e. The second kappa shape index (κ2) is 8.80. The van der Waals surface area contributed by atoms with Crippen molar-refractivity contribution in [3.8, 4) is 5.75 Å².